The molecule has 0 atom stereocenters. The molecule has 1 heterocycles. The zero-order valence-corrected chi connectivity index (χ0v) is 11.6. The van der Waals surface area contributed by atoms with Crippen LogP contribution in [0.2, 0.25) is 0 Å². The summed E-state index contributed by atoms with van der Waals surface area (Å²) in [7, 11) is 1.65. The molecule has 1 N–H and O–H groups in total. The Kier molecular flexibility index (Phi) is 4.27. The third-order valence-corrected chi connectivity index (χ3v) is 2.38. The van der Waals surface area contributed by atoms with Gasteiger partial charge in [0.2, 0.25) is 5.88 Å². The molecule has 1 rings (SSSR count). The van der Waals surface area contributed by atoms with Gasteiger partial charge in [-0.1, -0.05) is 20.8 Å². The summed E-state index contributed by atoms with van der Waals surface area (Å²) in [5.41, 5.74) is 0.0788. The first-order chi connectivity index (χ1) is 8.54. The zero-order valence-electron chi connectivity index (χ0n) is 11.6. The van der Waals surface area contributed by atoms with Crippen LogP contribution in [0.15, 0.2) is 0 Å². The topological polar surface area (TPSA) is 47.0 Å². The summed E-state index contributed by atoms with van der Waals surface area (Å²) in [6, 6.07) is 0. The first-order valence-electron chi connectivity index (χ1n) is 5.81. The van der Waals surface area contributed by atoms with E-state index in [9.17, 15) is 13.2 Å². The molecule has 7 heteroatoms. The zero-order chi connectivity index (χ0) is 14.8. The number of nitrogens with zero attached hydrogens (tertiary/aromatic N) is 2. The molecule has 108 valence electrons. The molecular weight excluding hydrogens is 259 g/mol. The molecule has 0 amide bonds. The van der Waals surface area contributed by atoms with Crippen molar-refractivity contribution in [3.8, 4) is 5.88 Å². The van der Waals surface area contributed by atoms with E-state index in [1.54, 1.807) is 14.0 Å². The highest BCUT2D eigenvalue weighted by Gasteiger charge is 2.30. The van der Waals surface area contributed by atoms with Crippen molar-refractivity contribution in [2.45, 2.75) is 39.3 Å². The number of rotatable bonds is 3. The Morgan fingerprint density at radius 1 is 1.16 bits per heavy atom. The van der Waals surface area contributed by atoms with Crippen molar-refractivity contribution in [3.05, 3.63) is 11.4 Å². The number of halogens is 3. The molecule has 0 unspecified atom stereocenters. The number of alkyl halides is 3. The second-order valence-electron chi connectivity index (χ2n) is 5.23. The molecule has 19 heavy (non-hydrogen) atoms. The van der Waals surface area contributed by atoms with Gasteiger partial charge in [-0.25, -0.2) is 4.98 Å². The highest BCUT2D eigenvalue weighted by molar-refractivity contribution is 5.48. The van der Waals surface area contributed by atoms with E-state index >= 15 is 0 Å². The quantitative estimate of drug-likeness (QED) is 0.922. The van der Waals surface area contributed by atoms with Gasteiger partial charge in [0.15, 0.2) is 6.61 Å². The minimum atomic E-state index is -4.39. The lowest BCUT2D eigenvalue weighted by atomic mass is 9.95. The summed E-state index contributed by atoms with van der Waals surface area (Å²) in [5.74, 6) is 0.860. The Bertz CT molecular complexity index is 453. The molecule has 0 saturated carbocycles. The maximum atomic E-state index is 12.2. The molecular formula is C12H18F3N3O. The summed E-state index contributed by atoms with van der Waals surface area (Å²) in [5, 5.41) is 2.83. The SMILES string of the molecule is CNc1nc(C(C)(C)C)nc(OCC(F)(F)F)c1C. The van der Waals surface area contributed by atoms with E-state index in [4.69, 9.17) is 4.74 Å². The van der Waals surface area contributed by atoms with E-state index in [1.165, 1.54) is 0 Å². The average molecular weight is 277 g/mol. The molecule has 0 spiro atoms. The second-order valence-corrected chi connectivity index (χ2v) is 5.23. The predicted octanol–water partition coefficient (Wildman–Crippen LogP) is 3.07. The molecule has 0 radical (unpaired) electrons. The summed E-state index contributed by atoms with van der Waals surface area (Å²) in [4.78, 5) is 8.37. The Morgan fingerprint density at radius 3 is 2.16 bits per heavy atom. The lowest BCUT2D eigenvalue weighted by Gasteiger charge is -2.20. The Balaban J connectivity index is 3.15. The highest BCUT2D eigenvalue weighted by atomic mass is 19.4. The average Bonchev–Trinajstić information content (AvgIpc) is 2.25. The van der Waals surface area contributed by atoms with Crippen molar-refractivity contribution in [1.29, 1.82) is 0 Å². The van der Waals surface area contributed by atoms with Gasteiger partial charge in [-0.3, -0.25) is 0 Å². The van der Waals surface area contributed by atoms with Crippen molar-refractivity contribution < 1.29 is 17.9 Å². The van der Waals surface area contributed by atoms with Crippen LogP contribution in [-0.2, 0) is 5.41 Å². The van der Waals surface area contributed by atoms with E-state index in [1.807, 2.05) is 20.8 Å². The fraction of sp³-hybridized carbons (Fsp3) is 0.667. The minimum Gasteiger partial charge on any atom is -0.468 e. The van der Waals surface area contributed by atoms with Crippen molar-refractivity contribution in [2.75, 3.05) is 19.0 Å². The van der Waals surface area contributed by atoms with E-state index in [2.05, 4.69) is 15.3 Å². The first kappa shape index (κ1) is 15.5. The van der Waals surface area contributed by atoms with Crippen molar-refractivity contribution in [2.24, 2.45) is 0 Å². The standard InChI is InChI=1S/C12H18F3N3O/c1-7-8(16-5)17-10(11(2,3)4)18-9(7)19-6-12(13,14)15/h6H2,1-5H3,(H,16,17,18). The number of hydrogen-bond acceptors (Lipinski definition) is 4. The third kappa shape index (κ3) is 4.25. The molecule has 0 aromatic carbocycles. The Labute approximate surface area is 110 Å². The van der Waals surface area contributed by atoms with E-state index in [0.717, 1.165) is 0 Å². The van der Waals surface area contributed by atoms with Crippen LogP contribution in [0, 0.1) is 6.92 Å². The maximum Gasteiger partial charge on any atom is 0.422 e. The number of aromatic nitrogens is 2. The van der Waals surface area contributed by atoms with Gasteiger partial charge in [0.1, 0.15) is 11.6 Å². The summed E-state index contributed by atoms with van der Waals surface area (Å²) in [6.07, 6.45) is -4.39. The van der Waals surface area contributed by atoms with Crippen LogP contribution in [0.1, 0.15) is 32.2 Å². The van der Waals surface area contributed by atoms with Crippen LogP contribution in [0.4, 0.5) is 19.0 Å². The number of ether oxygens (including phenoxy) is 1. The van der Waals surface area contributed by atoms with Crippen molar-refractivity contribution in [1.82, 2.24) is 9.97 Å². The molecule has 0 bridgehead atoms. The van der Waals surface area contributed by atoms with Gasteiger partial charge >= 0.3 is 6.18 Å². The smallest absolute Gasteiger partial charge is 0.422 e. The van der Waals surface area contributed by atoms with Gasteiger partial charge in [-0.2, -0.15) is 18.2 Å². The van der Waals surface area contributed by atoms with E-state index < -0.39 is 12.8 Å². The Hall–Kier alpha value is -1.53. The molecule has 0 aliphatic carbocycles. The lowest BCUT2D eigenvalue weighted by molar-refractivity contribution is -0.154. The van der Waals surface area contributed by atoms with E-state index in [0.29, 0.717) is 17.2 Å². The molecule has 4 nitrogen and oxygen atoms in total. The monoisotopic (exact) mass is 277 g/mol. The minimum absolute atomic E-state index is 0.0402. The Morgan fingerprint density at radius 2 is 1.74 bits per heavy atom. The van der Waals surface area contributed by atoms with Crippen LogP contribution >= 0.6 is 0 Å². The molecule has 0 saturated heterocycles. The summed E-state index contributed by atoms with van der Waals surface area (Å²) in [6.45, 7) is 5.89. The van der Waals surface area contributed by atoms with Gasteiger partial charge in [-0.15, -0.1) is 0 Å². The van der Waals surface area contributed by atoms with Gasteiger partial charge in [0, 0.05) is 12.5 Å². The predicted molar refractivity (Wildman–Crippen MR) is 66.6 cm³/mol. The number of anilines is 1. The largest absolute Gasteiger partial charge is 0.468 e. The summed E-state index contributed by atoms with van der Waals surface area (Å²) < 4.78 is 41.4. The summed E-state index contributed by atoms with van der Waals surface area (Å²) >= 11 is 0. The van der Waals surface area contributed by atoms with Crippen LogP contribution in [0.25, 0.3) is 0 Å². The van der Waals surface area contributed by atoms with Crippen molar-refractivity contribution in [3.63, 3.8) is 0 Å². The molecule has 1 aromatic rings. The first-order valence-corrected chi connectivity index (χ1v) is 5.81. The highest BCUT2D eigenvalue weighted by Crippen LogP contribution is 2.28. The van der Waals surface area contributed by atoms with Crippen LogP contribution in [0.5, 0.6) is 5.88 Å². The molecule has 0 fully saturated rings. The number of nitrogens with one attached hydrogen (secondary N) is 1. The van der Waals surface area contributed by atoms with Crippen LogP contribution in [0.3, 0.4) is 0 Å². The van der Waals surface area contributed by atoms with Gasteiger partial charge in [0.25, 0.3) is 0 Å². The van der Waals surface area contributed by atoms with Crippen molar-refractivity contribution >= 4 is 5.82 Å². The normalized spacial score (nSPS) is 12.4. The van der Waals surface area contributed by atoms with Gasteiger partial charge < -0.3 is 10.1 Å². The second kappa shape index (κ2) is 5.22. The maximum absolute atomic E-state index is 12.2. The molecule has 0 aliphatic heterocycles. The number of hydrogen-bond donors (Lipinski definition) is 1. The molecule has 0 aliphatic rings. The van der Waals surface area contributed by atoms with Crippen LogP contribution in [-0.4, -0.2) is 29.8 Å². The lowest BCUT2D eigenvalue weighted by Crippen LogP contribution is -2.22. The fourth-order valence-electron chi connectivity index (χ4n) is 1.37. The van der Waals surface area contributed by atoms with E-state index in [-0.39, 0.29) is 11.3 Å². The van der Waals surface area contributed by atoms with Gasteiger partial charge in [-0.05, 0) is 6.92 Å². The van der Waals surface area contributed by atoms with Gasteiger partial charge in [0.05, 0.1) is 5.56 Å². The third-order valence-electron chi connectivity index (χ3n) is 2.38. The van der Waals surface area contributed by atoms with Crippen LogP contribution < -0.4 is 10.1 Å². The fourth-order valence-corrected chi connectivity index (χ4v) is 1.37. The molecule has 1 aromatic heterocycles.